The van der Waals surface area contributed by atoms with Crippen LogP contribution in [0.2, 0.25) is 0 Å². The summed E-state index contributed by atoms with van der Waals surface area (Å²) in [7, 11) is 0. The molecule has 148 valence electrons. The van der Waals surface area contributed by atoms with Gasteiger partial charge in [0.25, 0.3) is 0 Å². The third-order valence-electron chi connectivity index (χ3n) is 4.24. The Morgan fingerprint density at radius 2 is 1.52 bits per heavy atom. The highest BCUT2D eigenvalue weighted by Gasteiger charge is 2.21. The van der Waals surface area contributed by atoms with Gasteiger partial charge in [-0.15, -0.1) is 0 Å². The van der Waals surface area contributed by atoms with Crippen molar-refractivity contribution in [2.45, 2.75) is 20.5 Å². The second-order valence-corrected chi connectivity index (χ2v) is 6.47. The fourth-order valence-corrected chi connectivity index (χ4v) is 2.66. The summed E-state index contributed by atoms with van der Waals surface area (Å²) in [6, 6.07) is 15.7. The molecule has 3 aromatic rings. The maximum Gasteiger partial charge on any atom is 0.346 e. The van der Waals surface area contributed by atoms with Crippen LogP contribution in [0, 0.1) is 18.6 Å². The molecule has 0 N–H and O–H groups in total. The van der Waals surface area contributed by atoms with Crippen molar-refractivity contribution in [2.75, 3.05) is 0 Å². The molecule has 0 amide bonds. The van der Waals surface area contributed by atoms with Gasteiger partial charge in [0.15, 0.2) is 11.6 Å². The number of benzene rings is 3. The summed E-state index contributed by atoms with van der Waals surface area (Å²) in [5, 5.41) is 0. The lowest BCUT2D eigenvalue weighted by atomic mass is 10.0. The minimum Gasteiger partial charge on any atom is -0.461 e. The topological polar surface area (TPSA) is 52.6 Å². The molecule has 0 saturated carbocycles. The summed E-state index contributed by atoms with van der Waals surface area (Å²) < 4.78 is 39.0. The van der Waals surface area contributed by atoms with Crippen LogP contribution >= 0.6 is 0 Å². The molecule has 0 fully saturated rings. The molecule has 29 heavy (non-hydrogen) atoms. The first-order valence-corrected chi connectivity index (χ1v) is 8.84. The maximum atomic E-state index is 14.5. The first-order chi connectivity index (χ1) is 13.8. The van der Waals surface area contributed by atoms with Crippen LogP contribution in [-0.2, 0) is 16.1 Å². The van der Waals surface area contributed by atoms with Crippen molar-refractivity contribution in [2.24, 2.45) is 0 Å². The zero-order valence-electron chi connectivity index (χ0n) is 15.9. The van der Waals surface area contributed by atoms with Crippen LogP contribution in [0.3, 0.4) is 0 Å². The SMILES string of the molecule is CC(=O)OCc1ccc(OC(=O)c2ccc(-c3ccc(C)cc3)c(F)c2F)cc1. The van der Waals surface area contributed by atoms with Gasteiger partial charge in [-0.3, -0.25) is 4.79 Å². The molecule has 0 heterocycles. The highest BCUT2D eigenvalue weighted by atomic mass is 19.2. The number of carbonyl (C=O) groups excluding carboxylic acids is 2. The smallest absolute Gasteiger partial charge is 0.346 e. The van der Waals surface area contributed by atoms with E-state index in [1.165, 1.54) is 31.2 Å². The number of ether oxygens (including phenoxy) is 2. The van der Waals surface area contributed by atoms with Gasteiger partial charge in [0.1, 0.15) is 12.4 Å². The second-order valence-electron chi connectivity index (χ2n) is 6.47. The lowest BCUT2D eigenvalue weighted by Crippen LogP contribution is -2.12. The van der Waals surface area contributed by atoms with Crippen LogP contribution in [0.15, 0.2) is 60.7 Å². The fourth-order valence-electron chi connectivity index (χ4n) is 2.66. The van der Waals surface area contributed by atoms with Crippen molar-refractivity contribution >= 4 is 11.9 Å². The molecule has 3 rings (SSSR count). The Hall–Kier alpha value is -3.54. The van der Waals surface area contributed by atoms with Gasteiger partial charge >= 0.3 is 11.9 Å². The highest BCUT2D eigenvalue weighted by molar-refractivity contribution is 5.92. The van der Waals surface area contributed by atoms with E-state index in [0.29, 0.717) is 11.1 Å². The Morgan fingerprint density at radius 3 is 2.14 bits per heavy atom. The van der Waals surface area contributed by atoms with E-state index in [9.17, 15) is 18.4 Å². The molecule has 6 heteroatoms. The molecule has 0 atom stereocenters. The predicted molar refractivity (Wildman–Crippen MR) is 103 cm³/mol. The molecular weight excluding hydrogens is 378 g/mol. The summed E-state index contributed by atoms with van der Waals surface area (Å²) in [5.74, 6) is -3.64. The molecule has 0 unspecified atom stereocenters. The Bertz CT molecular complexity index is 1040. The number of hydrogen-bond acceptors (Lipinski definition) is 4. The largest absolute Gasteiger partial charge is 0.461 e. The first-order valence-electron chi connectivity index (χ1n) is 8.84. The summed E-state index contributed by atoms with van der Waals surface area (Å²) in [5.41, 5.74) is 1.76. The predicted octanol–water partition coefficient (Wildman–Crippen LogP) is 5.22. The van der Waals surface area contributed by atoms with Gasteiger partial charge in [-0.25, -0.2) is 13.6 Å². The number of halogens is 2. The van der Waals surface area contributed by atoms with Gasteiger partial charge in [0.05, 0.1) is 5.56 Å². The van der Waals surface area contributed by atoms with Crippen LogP contribution in [0.4, 0.5) is 8.78 Å². The Morgan fingerprint density at radius 1 is 0.862 bits per heavy atom. The fraction of sp³-hybridized carbons (Fsp3) is 0.130. The van der Waals surface area contributed by atoms with E-state index in [1.54, 1.807) is 36.4 Å². The van der Waals surface area contributed by atoms with E-state index in [0.717, 1.165) is 5.56 Å². The second kappa shape index (κ2) is 8.65. The van der Waals surface area contributed by atoms with Gasteiger partial charge in [-0.1, -0.05) is 48.0 Å². The van der Waals surface area contributed by atoms with Crippen LogP contribution < -0.4 is 4.74 Å². The molecule has 4 nitrogen and oxygen atoms in total. The van der Waals surface area contributed by atoms with Crippen molar-refractivity contribution < 1.29 is 27.8 Å². The monoisotopic (exact) mass is 396 g/mol. The minimum absolute atomic E-state index is 0.0638. The average molecular weight is 396 g/mol. The number of hydrogen-bond donors (Lipinski definition) is 0. The quantitative estimate of drug-likeness (QED) is 0.438. The average Bonchev–Trinajstić information content (AvgIpc) is 2.70. The van der Waals surface area contributed by atoms with Gasteiger partial charge in [-0.05, 0) is 36.2 Å². The molecule has 0 spiro atoms. The third-order valence-corrected chi connectivity index (χ3v) is 4.24. The van der Waals surface area contributed by atoms with E-state index >= 15 is 0 Å². The van der Waals surface area contributed by atoms with Crippen LogP contribution in [0.1, 0.15) is 28.4 Å². The number of aryl methyl sites for hydroxylation is 1. The lowest BCUT2D eigenvalue weighted by Gasteiger charge is -2.10. The molecule has 3 aromatic carbocycles. The third kappa shape index (κ3) is 4.85. The Balaban J connectivity index is 1.76. The van der Waals surface area contributed by atoms with Crippen molar-refractivity contribution in [3.05, 3.63) is 89.0 Å². The van der Waals surface area contributed by atoms with E-state index in [1.807, 2.05) is 6.92 Å². The molecule has 0 aliphatic rings. The molecule has 0 saturated heterocycles. The highest BCUT2D eigenvalue weighted by Crippen LogP contribution is 2.27. The molecule has 0 bridgehead atoms. The van der Waals surface area contributed by atoms with Crippen molar-refractivity contribution in [3.8, 4) is 16.9 Å². The standard InChI is InChI=1S/C23H18F2O4/c1-14-3-7-17(8-4-14)19-11-12-20(22(25)21(19)24)23(27)29-18-9-5-16(6-10-18)13-28-15(2)26/h3-12H,13H2,1-2H3. The van der Waals surface area contributed by atoms with Gasteiger partial charge < -0.3 is 9.47 Å². The van der Waals surface area contributed by atoms with Gasteiger partial charge in [0.2, 0.25) is 0 Å². The Labute approximate surface area is 166 Å². The molecule has 0 aromatic heterocycles. The summed E-state index contributed by atoms with van der Waals surface area (Å²) >= 11 is 0. The van der Waals surface area contributed by atoms with Crippen LogP contribution in [0.25, 0.3) is 11.1 Å². The van der Waals surface area contributed by atoms with Crippen molar-refractivity contribution in [1.29, 1.82) is 0 Å². The number of esters is 2. The van der Waals surface area contributed by atoms with E-state index in [4.69, 9.17) is 9.47 Å². The summed E-state index contributed by atoms with van der Waals surface area (Å²) in [4.78, 5) is 23.1. The molecule has 0 aliphatic carbocycles. The van der Waals surface area contributed by atoms with Crippen molar-refractivity contribution in [3.63, 3.8) is 0 Å². The van der Waals surface area contributed by atoms with Gasteiger partial charge in [0, 0.05) is 12.5 Å². The van der Waals surface area contributed by atoms with E-state index in [-0.39, 0.29) is 17.9 Å². The zero-order valence-corrected chi connectivity index (χ0v) is 15.9. The first kappa shape index (κ1) is 20.2. The zero-order chi connectivity index (χ0) is 21.0. The van der Waals surface area contributed by atoms with Crippen LogP contribution in [0.5, 0.6) is 5.75 Å². The lowest BCUT2D eigenvalue weighted by molar-refractivity contribution is -0.142. The Kier molecular flexibility index (Phi) is 6.02. The summed E-state index contributed by atoms with van der Waals surface area (Å²) in [6.07, 6.45) is 0. The minimum atomic E-state index is -1.26. The normalized spacial score (nSPS) is 10.5. The van der Waals surface area contributed by atoms with Crippen LogP contribution in [-0.4, -0.2) is 11.9 Å². The van der Waals surface area contributed by atoms with Crippen molar-refractivity contribution in [1.82, 2.24) is 0 Å². The molecule has 0 aliphatic heterocycles. The van der Waals surface area contributed by atoms with Gasteiger partial charge in [-0.2, -0.15) is 0 Å². The molecular formula is C23H18F2O4. The number of carbonyl (C=O) groups is 2. The molecule has 0 radical (unpaired) electrons. The maximum absolute atomic E-state index is 14.5. The van der Waals surface area contributed by atoms with E-state index < -0.39 is 29.1 Å². The van der Waals surface area contributed by atoms with E-state index in [2.05, 4.69) is 0 Å². The summed E-state index contributed by atoms with van der Waals surface area (Å²) in [6.45, 7) is 3.28. The number of rotatable bonds is 5.